The topological polar surface area (TPSA) is 141 Å². The van der Waals surface area contributed by atoms with E-state index >= 15 is 8.78 Å². The second-order valence-electron chi connectivity index (χ2n) is 19.3. The number of anilines is 1. The molecule has 0 bridgehead atoms. The minimum Gasteiger partial charge on any atom is -0.493 e. The summed E-state index contributed by atoms with van der Waals surface area (Å²) in [5, 5.41) is 2.53. The monoisotopic (exact) mass is 1020 g/mol. The number of benzene rings is 3. The molecule has 3 aromatic carbocycles. The summed E-state index contributed by atoms with van der Waals surface area (Å²) < 4.78 is 60.2. The van der Waals surface area contributed by atoms with Crippen molar-refractivity contribution in [2.45, 2.75) is 95.2 Å². The molecule has 19 heteroatoms. The van der Waals surface area contributed by atoms with E-state index in [9.17, 15) is 23.6 Å². The first kappa shape index (κ1) is 50.5. The van der Waals surface area contributed by atoms with E-state index < -0.39 is 29.4 Å². The standard InChI is InChI=1S/C52H59Cl2F3N8O6/c1-31(53)50(68)64-23-21-63(22-24-64)48-37-28-39(54)44(46(57)47(37)59-52(60-48)71-30-34-10-9-17-61(34)2)45-40(56)11-8-12-42(45)70-25-7-5-3-4-6-18-62-19-15-32(16-20-62)35-26-33(55)27-36-38(35)29-65(51(36)69)41-13-14-43(66)58-49(41)67/h8,11-12,26-28,32,34,41H,1,3-7,9-10,13-25,29-30H2,2H3,(H,58,66,67). The smallest absolute Gasteiger partial charge is 0.319 e. The second kappa shape index (κ2) is 22.1. The van der Waals surface area contributed by atoms with Crippen LogP contribution in [0, 0.1) is 17.5 Å². The van der Waals surface area contributed by atoms with Crippen molar-refractivity contribution >= 4 is 63.6 Å². The lowest BCUT2D eigenvalue weighted by atomic mass is 9.85. The van der Waals surface area contributed by atoms with Crippen LogP contribution in [-0.4, -0.2) is 138 Å². The summed E-state index contributed by atoms with van der Waals surface area (Å²) in [6, 6.07) is 8.10. The van der Waals surface area contributed by atoms with Crippen molar-refractivity contribution in [3.63, 3.8) is 0 Å². The van der Waals surface area contributed by atoms with Gasteiger partial charge in [-0.3, -0.25) is 24.5 Å². The molecule has 0 aliphatic carbocycles. The van der Waals surface area contributed by atoms with E-state index in [4.69, 9.17) is 37.7 Å². The predicted molar refractivity (Wildman–Crippen MR) is 264 cm³/mol. The molecule has 1 aromatic heterocycles. The van der Waals surface area contributed by atoms with Gasteiger partial charge >= 0.3 is 6.01 Å². The zero-order valence-electron chi connectivity index (χ0n) is 39.9. The highest BCUT2D eigenvalue weighted by Crippen LogP contribution is 2.44. The lowest BCUT2D eigenvalue weighted by molar-refractivity contribution is -0.137. The molecule has 378 valence electrons. The molecule has 9 rings (SSSR count). The molecule has 2 atom stereocenters. The quantitative estimate of drug-likeness (QED) is 0.0622. The summed E-state index contributed by atoms with van der Waals surface area (Å²) in [5.41, 5.74) is 1.57. The van der Waals surface area contributed by atoms with Crippen LogP contribution in [0.25, 0.3) is 22.0 Å². The SMILES string of the molecule is C=C(Cl)C(=O)N1CCN(c2nc(OCC3CCCN3C)nc3c(F)c(-c4c(F)cccc4OCCCCCCCN4CCC(c5cc(F)cc6c5CN(C5CCC(=O)NC5=O)C6=O)CC4)c(Cl)cc23)CC1. The number of likely N-dealkylation sites (tertiary alicyclic amines) is 2. The average molecular weight is 1020 g/mol. The van der Waals surface area contributed by atoms with Crippen molar-refractivity contribution in [1.29, 1.82) is 0 Å². The number of fused-ring (bicyclic) bond motifs is 2. The van der Waals surface area contributed by atoms with Gasteiger partial charge in [-0.25, -0.2) is 13.2 Å². The Kier molecular flexibility index (Phi) is 15.7. The van der Waals surface area contributed by atoms with E-state index in [0.29, 0.717) is 56.0 Å². The van der Waals surface area contributed by atoms with E-state index in [1.54, 1.807) is 23.1 Å². The van der Waals surface area contributed by atoms with Crippen molar-refractivity contribution in [3.05, 3.63) is 87.2 Å². The fraction of sp³-hybridized carbons (Fsp3) is 0.500. The maximum absolute atomic E-state index is 17.1. The maximum atomic E-state index is 17.1. The van der Waals surface area contributed by atoms with Crippen LogP contribution in [0.2, 0.25) is 5.02 Å². The molecule has 6 heterocycles. The van der Waals surface area contributed by atoms with Gasteiger partial charge in [-0.05, 0) is 126 Å². The molecule has 71 heavy (non-hydrogen) atoms. The van der Waals surface area contributed by atoms with Crippen LogP contribution < -0.4 is 19.7 Å². The molecule has 4 amide bonds. The normalized spacial score (nSPS) is 20.3. The van der Waals surface area contributed by atoms with Gasteiger partial charge in [0.05, 0.1) is 22.2 Å². The number of hydrogen-bond donors (Lipinski definition) is 1. The largest absolute Gasteiger partial charge is 0.493 e. The van der Waals surface area contributed by atoms with Gasteiger partial charge in [0.1, 0.15) is 41.4 Å². The molecule has 4 fully saturated rings. The fourth-order valence-electron chi connectivity index (χ4n) is 10.9. The van der Waals surface area contributed by atoms with Crippen molar-refractivity contribution < 1.29 is 41.8 Å². The predicted octanol–water partition coefficient (Wildman–Crippen LogP) is 8.21. The summed E-state index contributed by atoms with van der Waals surface area (Å²) in [7, 11) is 2.03. The molecule has 4 aromatic rings. The number of piperazine rings is 1. The molecule has 1 N–H and O–H groups in total. The van der Waals surface area contributed by atoms with Crippen LogP contribution in [0.4, 0.5) is 19.0 Å². The van der Waals surface area contributed by atoms with Crippen LogP contribution in [0.5, 0.6) is 11.8 Å². The van der Waals surface area contributed by atoms with Crippen LogP contribution in [0.15, 0.2) is 48.0 Å². The zero-order valence-corrected chi connectivity index (χ0v) is 41.4. The Balaban J connectivity index is 0.788. The highest BCUT2D eigenvalue weighted by Gasteiger charge is 2.41. The number of rotatable bonds is 17. The first-order valence-corrected chi connectivity index (χ1v) is 25.5. The molecular weight excluding hydrogens is 961 g/mol. The molecule has 5 aliphatic heterocycles. The number of piperidine rings is 2. The zero-order chi connectivity index (χ0) is 49.9. The summed E-state index contributed by atoms with van der Waals surface area (Å²) in [6.07, 6.45) is 8.58. The number of nitrogens with one attached hydrogen (secondary N) is 1. The number of carbonyl (C=O) groups excluding carboxylic acids is 4. The molecule has 5 aliphatic rings. The Morgan fingerprint density at radius 3 is 2.38 bits per heavy atom. The molecular formula is C52H59Cl2F3N8O6. The van der Waals surface area contributed by atoms with E-state index in [1.807, 2.05) is 11.9 Å². The number of halogens is 5. The lowest BCUT2D eigenvalue weighted by Gasteiger charge is -2.35. The Labute approximate surface area is 421 Å². The lowest BCUT2D eigenvalue weighted by Crippen LogP contribution is -2.52. The molecule has 0 saturated carbocycles. The third-order valence-electron chi connectivity index (χ3n) is 14.8. The van der Waals surface area contributed by atoms with E-state index in [-0.39, 0.29) is 94.1 Å². The Morgan fingerprint density at radius 1 is 0.887 bits per heavy atom. The Hall–Kier alpha value is -5.49. The van der Waals surface area contributed by atoms with Gasteiger partial charge in [0.2, 0.25) is 11.8 Å². The second-order valence-corrected chi connectivity index (χ2v) is 20.2. The fourth-order valence-corrected chi connectivity index (χ4v) is 11.3. The number of nitrogens with zero attached hydrogens (tertiary/aromatic N) is 7. The molecule has 0 radical (unpaired) electrons. The summed E-state index contributed by atoms with van der Waals surface area (Å²) in [4.78, 5) is 69.1. The van der Waals surface area contributed by atoms with Gasteiger partial charge in [0, 0.05) is 61.7 Å². The number of likely N-dealkylation sites (N-methyl/N-ethyl adjacent to an activating group) is 1. The first-order valence-electron chi connectivity index (χ1n) is 24.8. The summed E-state index contributed by atoms with van der Waals surface area (Å²) in [6.45, 7) is 9.33. The third-order valence-corrected chi connectivity index (χ3v) is 15.3. The minimum atomic E-state index is -0.835. The average Bonchev–Trinajstić information content (AvgIpc) is 3.92. The number of amides is 4. The van der Waals surface area contributed by atoms with Crippen LogP contribution in [0.3, 0.4) is 0 Å². The van der Waals surface area contributed by atoms with Gasteiger partial charge in [0.25, 0.3) is 11.8 Å². The molecule has 2 unspecified atom stereocenters. The van der Waals surface area contributed by atoms with Gasteiger partial charge < -0.3 is 34.0 Å². The molecule has 0 spiro atoms. The highest BCUT2D eigenvalue weighted by atomic mass is 35.5. The van der Waals surface area contributed by atoms with Crippen molar-refractivity contribution in [2.24, 2.45) is 0 Å². The van der Waals surface area contributed by atoms with E-state index in [0.717, 1.165) is 88.7 Å². The summed E-state index contributed by atoms with van der Waals surface area (Å²) in [5.74, 6) is -2.92. The number of unbranched alkanes of at least 4 members (excludes halogenated alkanes) is 4. The van der Waals surface area contributed by atoms with Crippen molar-refractivity contribution in [1.82, 2.24) is 34.9 Å². The number of ether oxygens (including phenoxy) is 2. The van der Waals surface area contributed by atoms with E-state index in [1.165, 1.54) is 23.1 Å². The number of aromatic nitrogens is 2. The molecule has 4 saturated heterocycles. The molecule has 14 nitrogen and oxygen atoms in total. The maximum Gasteiger partial charge on any atom is 0.319 e. The Bertz CT molecular complexity index is 2720. The van der Waals surface area contributed by atoms with E-state index in [2.05, 4.69) is 26.7 Å². The van der Waals surface area contributed by atoms with Gasteiger partial charge in [-0.2, -0.15) is 9.97 Å². The van der Waals surface area contributed by atoms with Crippen LogP contribution in [0.1, 0.15) is 98.0 Å². The van der Waals surface area contributed by atoms with Gasteiger partial charge in [-0.1, -0.05) is 55.1 Å². The Morgan fingerprint density at radius 2 is 1.65 bits per heavy atom. The number of imide groups is 1. The third kappa shape index (κ3) is 11.0. The number of carbonyl (C=O) groups is 4. The highest BCUT2D eigenvalue weighted by molar-refractivity contribution is 6.41. The van der Waals surface area contributed by atoms with Gasteiger partial charge in [-0.15, -0.1) is 0 Å². The summed E-state index contributed by atoms with van der Waals surface area (Å²) >= 11 is 12.8. The first-order chi connectivity index (χ1) is 34.2. The van der Waals surface area contributed by atoms with Crippen molar-refractivity contribution in [3.8, 4) is 22.9 Å². The van der Waals surface area contributed by atoms with Crippen LogP contribution in [-0.2, 0) is 20.9 Å². The minimum absolute atomic E-state index is 0.0201. The number of hydrogen-bond acceptors (Lipinski definition) is 11. The van der Waals surface area contributed by atoms with Gasteiger partial charge in [0.15, 0.2) is 5.82 Å². The van der Waals surface area contributed by atoms with Crippen LogP contribution >= 0.6 is 23.2 Å². The van der Waals surface area contributed by atoms with Crippen molar-refractivity contribution in [2.75, 3.05) is 77.5 Å².